The average Bonchev–Trinajstić information content (AvgIpc) is 2.57. The van der Waals surface area contributed by atoms with Gasteiger partial charge in [0, 0.05) is 11.9 Å². The van der Waals surface area contributed by atoms with Gasteiger partial charge >= 0.3 is 0 Å². The third kappa shape index (κ3) is 3.64. The van der Waals surface area contributed by atoms with Crippen LogP contribution in [-0.4, -0.2) is 11.5 Å². The second-order valence-electron chi connectivity index (χ2n) is 2.51. The zero-order valence-electron chi connectivity index (χ0n) is 7.29. The van der Waals surface area contributed by atoms with Crippen molar-refractivity contribution in [3.8, 4) is 0 Å². The molecule has 1 N–H and O–H groups in total. The van der Waals surface area contributed by atoms with Gasteiger partial charge in [-0.25, -0.2) is 4.98 Å². The molecule has 0 radical (unpaired) electrons. The van der Waals surface area contributed by atoms with Crippen molar-refractivity contribution in [1.82, 2.24) is 10.3 Å². The van der Waals surface area contributed by atoms with Crippen molar-refractivity contribution in [2.24, 2.45) is 0 Å². The van der Waals surface area contributed by atoms with Gasteiger partial charge in [-0.3, -0.25) is 0 Å². The first-order valence-corrected chi connectivity index (χ1v) is 5.06. The normalized spacial score (nSPS) is 11.1. The summed E-state index contributed by atoms with van der Waals surface area (Å²) in [7, 11) is 0. The van der Waals surface area contributed by atoms with E-state index in [-0.39, 0.29) is 0 Å². The molecule has 2 nitrogen and oxygen atoms in total. The van der Waals surface area contributed by atoms with Crippen LogP contribution in [0.15, 0.2) is 23.0 Å². The molecule has 0 bridgehead atoms. The summed E-state index contributed by atoms with van der Waals surface area (Å²) in [5.41, 5.74) is 3.00. The van der Waals surface area contributed by atoms with Crippen LogP contribution in [0.25, 0.3) is 0 Å². The maximum Gasteiger partial charge on any atom is 0.0795 e. The molecule has 1 aromatic rings. The molecule has 0 unspecified atom stereocenters. The SMILES string of the molecule is C/C=C/CCNCc1cscn1. The number of aromatic nitrogens is 1. The molecule has 66 valence electrons. The molecular formula is C9H14N2S. The van der Waals surface area contributed by atoms with E-state index in [9.17, 15) is 0 Å². The van der Waals surface area contributed by atoms with Crippen molar-refractivity contribution in [3.63, 3.8) is 0 Å². The standard InChI is InChI=1S/C9H14N2S/c1-2-3-4-5-10-6-9-7-12-8-11-9/h2-3,7-8,10H,4-6H2,1H3/b3-2+. The number of thiazole rings is 1. The van der Waals surface area contributed by atoms with Gasteiger partial charge in [0.15, 0.2) is 0 Å². The number of hydrogen-bond acceptors (Lipinski definition) is 3. The fourth-order valence-corrected chi connectivity index (χ4v) is 1.45. The molecule has 0 aliphatic rings. The zero-order valence-corrected chi connectivity index (χ0v) is 8.10. The molecule has 3 heteroatoms. The zero-order chi connectivity index (χ0) is 8.65. The largest absolute Gasteiger partial charge is 0.311 e. The Morgan fingerprint density at radius 1 is 1.67 bits per heavy atom. The summed E-state index contributed by atoms with van der Waals surface area (Å²) < 4.78 is 0. The Hall–Kier alpha value is -0.670. The molecule has 0 atom stereocenters. The molecule has 0 amide bonds. The van der Waals surface area contributed by atoms with Crippen LogP contribution in [0.1, 0.15) is 19.0 Å². The van der Waals surface area contributed by atoms with Gasteiger partial charge in [-0.15, -0.1) is 11.3 Å². The number of nitrogens with one attached hydrogen (secondary N) is 1. The average molecular weight is 182 g/mol. The first kappa shape index (κ1) is 9.42. The van der Waals surface area contributed by atoms with Crippen LogP contribution < -0.4 is 5.32 Å². The van der Waals surface area contributed by atoms with Crippen molar-refractivity contribution in [2.45, 2.75) is 19.9 Å². The van der Waals surface area contributed by atoms with Crippen LogP contribution >= 0.6 is 11.3 Å². The van der Waals surface area contributed by atoms with Crippen LogP contribution in [0.4, 0.5) is 0 Å². The monoisotopic (exact) mass is 182 g/mol. The highest BCUT2D eigenvalue weighted by molar-refractivity contribution is 7.07. The van der Waals surface area contributed by atoms with Gasteiger partial charge < -0.3 is 5.32 Å². The Balaban J connectivity index is 2.03. The smallest absolute Gasteiger partial charge is 0.0795 e. The van der Waals surface area contributed by atoms with Gasteiger partial charge in [-0.2, -0.15) is 0 Å². The van der Waals surface area contributed by atoms with Gasteiger partial charge in [-0.05, 0) is 19.9 Å². The predicted octanol–water partition coefficient (Wildman–Crippen LogP) is 2.20. The maximum absolute atomic E-state index is 4.17. The van der Waals surface area contributed by atoms with E-state index >= 15 is 0 Å². The molecule has 0 fully saturated rings. The lowest BCUT2D eigenvalue weighted by atomic mass is 10.4. The molecule has 0 spiro atoms. The highest BCUT2D eigenvalue weighted by Crippen LogP contribution is 1.99. The second-order valence-corrected chi connectivity index (χ2v) is 3.23. The van der Waals surface area contributed by atoms with E-state index in [4.69, 9.17) is 0 Å². The van der Waals surface area contributed by atoms with Crippen molar-refractivity contribution < 1.29 is 0 Å². The quantitative estimate of drug-likeness (QED) is 0.558. The lowest BCUT2D eigenvalue weighted by Crippen LogP contribution is -2.14. The molecule has 0 saturated carbocycles. The van der Waals surface area contributed by atoms with Crippen molar-refractivity contribution in [1.29, 1.82) is 0 Å². The van der Waals surface area contributed by atoms with Gasteiger partial charge in [-0.1, -0.05) is 12.2 Å². The highest BCUT2D eigenvalue weighted by atomic mass is 32.1. The van der Waals surface area contributed by atoms with Gasteiger partial charge in [0.1, 0.15) is 0 Å². The van der Waals surface area contributed by atoms with Gasteiger partial charge in [0.25, 0.3) is 0 Å². The fourth-order valence-electron chi connectivity index (χ4n) is 0.893. The summed E-state index contributed by atoms with van der Waals surface area (Å²) in [6.07, 6.45) is 5.33. The first-order chi connectivity index (χ1) is 5.93. The van der Waals surface area contributed by atoms with Crippen molar-refractivity contribution in [3.05, 3.63) is 28.7 Å². The van der Waals surface area contributed by atoms with E-state index in [0.717, 1.165) is 25.2 Å². The lowest BCUT2D eigenvalue weighted by Gasteiger charge is -1.98. The Kier molecular flexibility index (Phi) is 4.64. The summed E-state index contributed by atoms with van der Waals surface area (Å²) >= 11 is 1.64. The van der Waals surface area contributed by atoms with Gasteiger partial charge in [0.05, 0.1) is 11.2 Å². The van der Waals surface area contributed by atoms with Crippen LogP contribution in [0.3, 0.4) is 0 Å². The second kappa shape index (κ2) is 5.91. The summed E-state index contributed by atoms with van der Waals surface area (Å²) in [6.45, 7) is 3.96. The van der Waals surface area contributed by atoms with E-state index in [2.05, 4.69) is 27.8 Å². The molecule has 1 heterocycles. The molecule has 0 aliphatic heterocycles. The van der Waals surface area contributed by atoms with E-state index in [1.54, 1.807) is 11.3 Å². The number of rotatable bonds is 5. The van der Waals surface area contributed by atoms with E-state index in [1.165, 1.54) is 0 Å². The van der Waals surface area contributed by atoms with Crippen LogP contribution in [0, 0.1) is 0 Å². The van der Waals surface area contributed by atoms with Crippen LogP contribution in [0.2, 0.25) is 0 Å². The molecular weight excluding hydrogens is 168 g/mol. The van der Waals surface area contributed by atoms with Gasteiger partial charge in [0.2, 0.25) is 0 Å². The minimum Gasteiger partial charge on any atom is -0.311 e. The van der Waals surface area contributed by atoms with E-state index < -0.39 is 0 Å². The maximum atomic E-state index is 4.17. The first-order valence-electron chi connectivity index (χ1n) is 4.12. The third-order valence-corrected chi connectivity index (χ3v) is 2.15. The molecule has 0 aromatic carbocycles. The molecule has 12 heavy (non-hydrogen) atoms. The predicted molar refractivity (Wildman–Crippen MR) is 53.3 cm³/mol. The third-order valence-electron chi connectivity index (χ3n) is 1.51. The Labute approximate surface area is 77.3 Å². The van der Waals surface area contributed by atoms with E-state index in [1.807, 2.05) is 12.4 Å². The Morgan fingerprint density at radius 2 is 2.58 bits per heavy atom. The van der Waals surface area contributed by atoms with Crippen LogP contribution in [-0.2, 0) is 6.54 Å². The molecule has 1 aromatic heterocycles. The summed E-state index contributed by atoms with van der Waals surface area (Å²) in [5.74, 6) is 0. The summed E-state index contributed by atoms with van der Waals surface area (Å²) in [4.78, 5) is 4.17. The number of nitrogens with zero attached hydrogens (tertiary/aromatic N) is 1. The van der Waals surface area contributed by atoms with Crippen molar-refractivity contribution in [2.75, 3.05) is 6.54 Å². The van der Waals surface area contributed by atoms with E-state index in [0.29, 0.717) is 0 Å². The lowest BCUT2D eigenvalue weighted by molar-refractivity contribution is 0.685. The summed E-state index contributed by atoms with van der Waals surface area (Å²) in [5, 5.41) is 5.39. The van der Waals surface area contributed by atoms with Crippen LogP contribution in [0.5, 0.6) is 0 Å². The molecule has 1 rings (SSSR count). The van der Waals surface area contributed by atoms with Crippen molar-refractivity contribution >= 4 is 11.3 Å². The Morgan fingerprint density at radius 3 is 3.25 bits per heavy atom. The fraction of sp³-hybridized carbons (Fsp3) is 0.444. The topological polar surface area (TPSA) is 24.9 Å². The highest BCUT2D eigenvalue weighted by Gasteiger charge is 1.91. The minimum absolute atomic E-state index is 0.890. The summed E-state index contributed by atoms with van der Waals surface area (Å²) in [6, 6.07) is 0. The molecule has 0 saturated heterocycles. The minimum atomic E-state index is 0.890. The molecule has 0 aliphatic carbocycles. The Bertz CT molecular complexity index is 216. The number of hydrogen-bond donors (Lipinski definition) is 1. The number of allylic oxidation sites excluding steroid dienone is 1.